The van der Waals surface area contributed by atoms with Crippen LogP contribution in [0.15, 0.2) is 18.2 Å². The Morgan fingerprint density at radius 3 is 1.93 bits per heavy atom. The van der Waals surface area contributed by atoms with E-state index in [4.69, 9.17) is 5.73 Å². The molecule has 1 aromatic carbocycles. The fraction of sp³-hybridized carbons (Fsp3) is 0.364. The van der Waals surface area contributed by atoms with Gasteiger partial charge in [0.05, 0.1) is 0 Å². The second kappa shape index (κ2) is 5.48. The minimum absolute atomic E-state index is 0.384. The van der Waals surface area contributed by atoms with Crippen molar-refractivity contribution < 1.29 is 4.79 Å². The molecular weight excluding hydrogens is 190 g/mol. The van der Waals surface area contributed by atoms with Crippen molar-refractivity contribution in [2.24, 2.45) is 5.73 Å². The van der Waals surface area contributed by atoms with E-state index in [1.165, 1.54) is 0 Å². The third-order valence-electron chi connectivity index (χ3n) is 2.10. The number of rotatable bonds is 5. The highest BCUT2D eigenvalue weighted by molar-refractivity contribution is 5.93. The van der Waals surface area contributed by atoms with Gasteiger partial charge in [-0.15, -0.1) is 0 Å². The van der Waals surface area contributed by atoms with E-state index in [0.29, 0.717) is 5.56 Å². The van der Waals surface area contributed by atoms with Crippen molar-refractivity contribution >= 4 is 5.91 Å². The van der Waals surface area contributed by atoms with Gasteiger partial charge in [-0.1, -0.05) is 6.07 Å². The molecule has 1 amide bonds. The Bertz CT molecular complexity index is 325. The van der Waals surface area contributed by atoms with Gasteiger partial charge < -0.3 is 16.4 Å². The van der Waals surface area contributed by atoms with E-state index in [1.807, 2.05) is 26.2 Å². The number of nitrogens with two attached hydrogens (primary N) is 1. The van der Waals surface area contributed by atoms with E-state index in [-0.39, 0.29) is 5.91 Å². The average Bonchev–Trinajstić information content (AvgIpc) is 2.18. The zero-order valence-corrected chi connectivity index (χ0v) is 9.13. The van der Waals surface area contributed by atoms with Crippen LogP contribution in [0, 0.1) is 0 Å². The highest BCUT2D eigenvalue weighted by Gasteiger charge is 2.04. The molecule has 0 bridgehead atoms. The number of amides is 1. The molecule has 0 aliphatic carbocycles. The van der Waals surface area contributed by atoms with E-state index < -0.39 is 0 Å². The smallest absolute Gasteiger partial charge is 0.248 e. The molecule has 0 atom stereocenters. The van der Waals surface area contributed by atoms with Crippen LogP contribution in [-0.2, 0) is 13.1 Å². The van der Waals surface area contributed by atoms with Crippen molar-refractivity contribution in [1.29, 1.82) is 0 Å². The van der Waals surface area contributed by atoms with Crippen molar-refractivity contribution in [2.45, 2.75) is 13.1 Å². The quantitative estimate of drug-likeness (QED) is 0.647. The first kappa shape index (κ1) is 11.7. The number of hydrogen-bond acceptors (Lipinski definition) is 3. The molecule has 0 spiro atoms. The van der Waals surface area contributed by atoms with Gasteiger partial charge in [0, 0.05) is 18.7 Å². The summed E-state index contributed by atoms with van der Waals surface area (Å²) in [5, 5.41) is 6.09. The summed E-state index contributed by atoms with van der Waals surface area (Å²) in [6, 6.07) is 5.69. The van der Waals surface area contributed by atoms with Crippen molar-refractivity contribution in [3.05, 3.63) is 34.9 Å². The average molecular weight is 207 g/mol. The summed E-state index contributed by atoms with van der Waals surface area (Å²) in [6.45, 7) is 1.47. The minimum atomic E-state index is -0.384. The zero-order valence-electron chi connectivity index (χ0n) is 9.13. The first-order valence-corrected chi connectivity index (χ1v) is 4.89. The van der Waals surface area contributed by atoms with E-state index in [0.717, 1.165) is 24.2 Å². The molecule has 0 aliphatic rings. The molecule has 4 nitrogen and oxygen atoms in total. The molecule has 82 valence electrons. The van der Waals surface area contributed by atoms with Gasteiger partial charge in [-0.25, -0.2) is 0 Å². The van der Waals surface area contributed by atoms with Gasteiger partial charge in [0.1, 0.15) is 0 Å². The van der Waals surface area contributed by atoms with Crippen LogP contribution in [0.25, 0.3) is 0 Å². The number of benzene rings is 1. The minimum Gasteiger partial charge on any atom is -0.366 e. The molecule has 0 heterocycles. The van der Waals surface area contributed by atoms with Crippen molar-refractivity contribution in [3.8, 4) is 0 Å². The lowest BCUT2D eigenvalue weighted by Crippen LogP contribution is -2.15. The summed E-state index contributed by atoms with van der Waals surface area (Å²) < 4.78 is 0. The summed E-state index contributed by atoms with van der Waals surface area (Å²) in [5.41, 5.74) is 7.96. The zero-order chi connectivity index (χ0) is 11.3. The Morgan fingerprint density at radius 1 is 1.13 bits per heavy atom. The molecule has 0 radical (unpaired) electrons. The number of carbonyl (C=O) groups excluding carboxylic acids is 1. The molecule has 0 fully saturated rings. The third kappa shape index (κ3) is 3.34. The maximum Gasteiger partial charge on any atom is 0.248 e. The SMILES string of the molecule is CNCc1cc(CNC)cc(C(N)=O)c1. The van der Waals surface area contributed by atoms with Gasteiger partial charge in [0.2, 0.25) is 5.91 Å². The van der Waals surface area contributed by atoms with E-state index in [2.05, 4.69) is 16.7 Å². The molecule has 4 N–H and O–H groups in total. The Balaban J connectivity index is 3.02. The number of nitrogens with one attached hydrogen (secondary N) is 2. The molecule has 0 unspecified atom stereocenters. The summed E-state index contributed by atoms with van der Waals surface area (Å²) in [4.78, 5) is 11.1. The summed E-state index contributed by atoms with van der Waals surface area (Å²) >= 11 is 0. The molecular formula is C11H17N3O. The van der Waals surface area contributed by atoms with Gasteiger partial charge in [-0.2, -0.15) is 0 Å². The van der Waals surface area contributed by atoms with Crippen LogP contribution < -0.4 is 16.4 Å². The summed E-state index contributed by atoms with van der Waals surface area (Å²) in [6.07, 6.45) is 0. The molecule has 0 saturated heterocycles. The maximum absolute atomic E-state index is 11.1. The molecule has 15 heavy (non-hydrogen) atoms. The fourth-order valence-corrected chi connectivity index (χ4v) is 1.52. The lowest BCUT2D eigenvalue weighted by Gasteiger charge is -2.07. The Hall–Kier alpha value is -1.39. The second-order valence-corrected chi connectivity index (χ2v) is 3.46. The first-order valence-electron chi connectivity index (χ1n) is 4.89. The predicted octanol–water partition coefficient (Wildman–Crippen LogP) is 0.224. The van der Waals surface area contributed by atoms with E-state index in [9.17, 15) is 4.79 Å². The molecule has 0 saturated carbocycles. The number of hydrogen-bond donors (Lipinski definition) is 3. The van der Waals surface area contributed by atoms with E-state index >= 15 is 0 Å². The third-order valence-corrected chi connectivity index (χ3v) is 2.10. The van der Waals surface area contributed by atoms with Crippen LogP contribution in [0.4, 0.5) is 0 Å². The van der Waals surface area contributed by atoms with Gasteiger partial charge >= 0.3 is 0 Å². The van der Waals surface area contributed by atoms with Crippen LogP contribution in [0.5, 0.6) is 0 Å². The molecule has 4 heteroatoms. The van der Waals surface area contributed by atoms with Gasteiger partial charge in [-0.05, 0) is 37.4 Å². The standard InChI is InChI=1S/C11H17N3O/c1-13-6-8-3-9(7-14-2)5-10(4-8)11(12)15/h3-5,13-14H,6-7H2,1-2H3,(H2,12,15). The van der Waals surface area contributed by atoms with Gasteiger partial charge in [0.25, 0.3) is 0 Å². The van der Waals surface area contributed by atoms with Gasteiger partial charge in [0.15, 0.2) is 0 Å². The van der Waals surface area contributed by atoms with Crippen LogP contribution in [-0.4, -0.2) is 20.0 Å². The van der Waals surface area contributed by atoms with Crippen molar-refractivity contribution in [1.82, 2.24) is 10.6 Å². The summed E-state index contributed by atoms with van der Waals surface area (Å²) in [7, 11) is 3.74. The molecule has 0 aromatic heterocycles. The first-order chi connectivity index (χ1) is 7.17. The van der Waals surface area contributed by atoms with Crippen LogP contribution >= 0.6 is 0 Å². The van der Waals surface area contributed by atoms with Crippen LogP contribution in [0.3, 0.4) is 0 Å². The van der Waals surface area contributed by atoms with Crippen molar-refractivity contribution in [2.75, 3.05) is 14.1 Å². The van der Waals surface area contributed by atoms with E-state index in [1.54, 1.807) is 0 Å². The van der Waals surface area contributed by atoms with Crippen LogP contribution in [0.2, 0.25) is 0 Å². The Labute approximate surface area is 89.9 Å². The molecule has 1 aromatic rings. The fourth-order valence-electron chi connectivity index (χ4n) is 1.52. The topological polar surface area (TPSA) is 67.2 Å². The Morgan fingerprint density at radius 2 is 1.60 bits per heavy atom. The molecule has 1 rings (SSSR count). The maximum atomic E-state index is 11.1. The highest BCUT2D eigenvalue weighted by Crippen LogP contribution is 2.10. The van der Waals surface area contributed by atoms with Crippen LogP contribution in [0.1, 0.15) is 21.5 Å². The van der Waals surface area contributed by atoms with Gasteiger partial charge in [-0.3, -0.25) is 4.79 Å². The normalized spacial score (nSPS) is 10.3. The predicted molar refractivity (Wildman–Crippen MR) is 60.5 cm³/mol. The highest BCUT2D eigenvalue weighted by atomic mass is 16.1. The largest absolute Gasteiger partial charge is 0.366 e. The number of primary amides is 1. The lowest BCUT2D eigenvalue weighted by atomic mass is 10.0. The molecule has 0 aliphatic heterocycles. The Kier molecular flexibility index (Phi) is 4.27. The number of carbonyl (C=O) groups is 1. The second-order valence-electron chi connectivity index (χ2n) is 3.46. The van der Waals surface area contributed by atoms with Crippen molar-refractivity contribution in [3.63, 3.8) is 0 Å². The summed E-state index contributed by atoms with van der Waals surface area (Å²) in [5.74, 6) is -0.384. The lowest BCUT2D eigenvalue weighted by molar-refractivity contribution is 0.1000. The monoisotopic (exact) mass is 207 g/mol.